The summed E-state index contributed by atoms with van der Waals surface area (Å²) in [6, 6.07) is 7.85. The second-order valence-corrected chi connectivity index (χ2v) is 11.0. The molecule has 3 aromatic rings. The molecule has 36 heavy (non-hydrogen) atoms. The number of ether oxygens (including phenoxy) is 2. The van der Waals surface area contributed by atoms with Gasteiger partial charge in [-0.25, -0.2) is 4.79 Å². The molecule has 2 heterocycles. The highest BCUT2D eigenvalue weighted by Gasteiger charge is 2.29. The zero-order chi connectivity index (χ0) is 25.8. The number of thioether (sulfide) groups is 1. The number of carbonyl (C=O) groups excluding carboxylic acids is 2. The largest absolute Gasteiger partial charge is 0.482 e. The van der Waals surface area contributed by atoms with Crippen LogP contribution in [0, 0.1) is 12.8 Å². The Bertz CT molecular complexity index is 1250. The normalized spacial score (nSPS) is 15.8. The van der Waals surface area contributed by atoms with E-state index in [-0.39, 0.29) is 17.8 Å². The number of rotatable bonds is 9. The van der Waals surface area contributed by atoms with Gasteiger partial charge < -0.3 is 19.4 Å². The minimum absolute atomic E-state index is 0.144. The van der Waals surface area contributed by atoms with E-state index in [4.69, 9.17) is 9.47 Å². The van der Waals surface area contributed by atoms with Crippen molar-refractivity contribution in [2.75, 3.05) is 18.2 Å². The fourth-order valence-electron chi connectivity index (χ4n) is 4.39. The van der Waals surface area contributed by atoms with Crippen molar-refractivity contribution in [1.82, 2.24) is 14.8 Å². The van der Waals surface area contributed by atoms with Crippen LogP contribution in [0.2, 0.25) is 0 Å². The summed E-state index contributed by atoms with van der Waals surface area (Å²) in [5.41, 5.74) is 2.57. The lowest BCUT2D eigenvalue weighted by atomic mass is 9.88. The van der Waals surface area contributed by atoms with E-state index in [0.717, 1.165) is 41.0 Å². The Morgan fingerprint density at radius 2 is 2.08 bits per heavy atom. The number of benzene rings is 1. The van der Waals surface area contributed by atoms with Gasteiger partial charge in [-0.05, 0) is 63.1 Å². The first-order valence-electron chi connectivity index (χ1n) is 12.1. The van der Waals surface area contributed by atoms with Crippen LogP contribution < -0.4 is 10.1 Å². The predicted octanol–water partition coefficient (Wildman–Crippen LogP) is 5.45. The van der Waals surface area contributed by atoms with E-state index in [9.17, 15) is 9.59 Å². The van der Waals surface area contributed by atoms with Gasteiger partial charge in [-0.1, -0.05) is 36.9 Å². The lowest BCUT2D eigenvalue weighted by Gasteiger charge is -2.18. The standard InChI is InChI=1S/C26H32N4O4S2/c1-6-30-23(17(4)34-19-10-8-7-9-16(19)3)28-29-26(30)35-14-21(31)27-24-22(25(32)33-5)18-12-11-15(2)13-20(18)36-24/h7-10,15,17H,6,11-14H2,1-5H3,(H,27,31). The van der Waals surface area contributed by atoms with Crippen molar-refractivity contribution in [2.45, 2.75) is 64.8 Å². The third kappa shape index (κ3) is 5.59. The lowest BCUT2D eigenvalue weighted by molar-refractivity contribution is -0.113. The number of aryl methyl sites for hydroxylation is 1. The van der Waals surface area contributed by atoms with Gasteiger partial charge in [-0.15, -0.1) is 21.5 Å². The summed E-state index contributed by atoms with van der Waals surface area (Å²) in [7, 11) is 1.37. The first kappa shape index (κ1) is 26.2. The molecular weight excluding hydrogens is 496 g/mol. The molecule has 0 fully saturated rings. The average Bonchev–Trinajstić information content (AvgIpc) is 3.43. The maximum absolute atomic E-state index is 12.9. The highest BCUT2D eigenvalue weighted by atomic mass is 32.2. The molecule has 8 nitrogen and oxygen atoms in total. The lowest BCUT2D eigenvalue weighted by Crippen LogP contribution is -2.17. The molecule has 0 radical (unpaired) electrons. The third-order valence-electron chi connectivity index (χ3n) is 6.31. The van der Waals surface area contributed by atoms with E-state index < -0.39 is 5.97 Å². The molecule has 1 aliphatic carbocycles. The molecule has 2 unspecified atom stereocenters. The molecule has 0 aliphatic heterocycles. The number of esters is 1. The van der Waals surface area contributed by atoms with Gasteiger partial charge in [0.1, 0.15) is 10.8 Å². The highest BCUT2D eigenvalue weighted by Crippen LogP contribution is 2.40. The van der Waals surface area contributed by atoms with Crippen LogP contribution >= 0.6 is 23.1 Å². The van der Waals surface area contributed by atoms with E-state index in [1.807, 2.05) is 49.6 Å². The number of anilines is 1. The number of amides is 1. The quantitative estimate of drug-likeness (QED) is 0.291. The number of aromatic nitrogens is 3. The molecule has 1 N–H and O–H groups in total. The Labute approximate surface area is 219 Å². The molecule has 192 valence electrons. The summed E-state index contributed by atoms with van der Waals surface area (Å²) in [5.74, 6) is 1.62. The van der Waals surface area contributed by atoms with Crippen LogP contribution in [0.1, 0.15) is 65.5 Å². The van der Waals surface area contributed by atoms with Gasteiger partial charge >= 0.3 is 5.97 Å². The number of hydrogen-bond acceptors (Lipinski definition) is 8. The second kappa shape index (κ2) is 11.5. The summed E-state index contributed by atoms with van der Waals surface area (Å²) >= 11 is 2.80. The summed E-state index contributed by atoms with van der Waals surface area (Å²) in [4.78, 5) is 26.6. The molecule has 4 rings (SSSR count). The number of hydrogen-bond donors (Lipinski definition) is 1. The van der Waals surface area contributed by atoms with Crippen LogP contribution in [-0.4, -0.2) is 39.5 Å². The molecule has 2 aromatic heterocycles. The Hall–Kier alpha value is -2.85. The Kier molecular flexibility index (Phi) is 8.35. The third-order valence-corrected chi connectivity index (χ3v) is 8.45. The number of para-hydroxylation sites is 1. The first-order valence-corrected chi connectivity index (χ1v) is 13.9. The molecule has 0 bridgehead atoms. The SMILES string of the molecule is CCn1c(SCC(=O)Nc2sc3c(c2C(=O)OC)CCC(C)C3)nnc1C(C)Oc1ccccc1C. The summed E-state index contributed by atoms with van der Waals surface area (Å²) in [6.07, 6.45) is 2.47. The van der Waals surface area contributed by atoms with Crippen LogP contribution in [0.15, 0.2) is 29.4 Å². The zero-order valence-corrected chi connectivity index (χ0v) is 22.9. The van der Waals surface area contributed by atoms with Crippen molar-refractivity contribution >= 4 is 40.0 Å². The summed E-state index contributed by atoms with van der Waals surface area (Å²) < 4.78 is 13.1. The first-order chi connectivity index (χ1) is 17.3. The molecule has 0 saturated heterocycles. The van der Waals surface area contributed by atoms with Crippen molar-refractivity contribution in [2.24, 2.45) is 5.92 Å². The van der Waals surface area contributed by atoms with E-state index in [1.54, 1.807) is 0 Å². The molecule has 2 atom stereocenters. The van der Waals surface area contributed by atoms with Crippen LogP contribution in [0.4, 0.5) is 5.00 Å². The number of nitrogens with zero attached hydrogens (tertiary/aromatic N) is 3. The van der Waals surface area contributed by atoms with Gasteiger partial charge in [0.05, 0.1) is 18.4 Å². The molecule has 1 amide bonds. The second-order valence-electron chi connectivity index (χ2n) is 8.99. The van der Waals surface area contributed by atoms with Gasteiger partial charge in [-0.3, -0.25) is 4.79 Å². The van der Waals surface area contributed by atoms with E-state index in [0.29, 0.717) is 34.0 Å². The number of thiophene rings is 1. The predicted molar refractivity (Wildman–Crippen MR) is 142 cm³/mol. The van der Waals surface area contributed by atoms with E-state index >= 15 is 0 Å². The minimum atomic E-state index is -0.400. The van der Waals surface area contributed by atoms with Gasteiger partial charge in [0.25, 0.3) is 0 Å². The summed E-state index contributed by atoms with van der Waals surface area (Å²) in [6.45, 7) is 8.81. The van der Waals surface area contributed by atoms with Crippen LogP contribution in [-0.2, 0) is 28.9 Å². The maximum atomic E-state index is 12.9. The van der Waals surface area contributed by atoms with Gasteiger partial charge in [0.15, 0.2) is 17.1 Å². The van der Waals surface area contributed by atoms with Gasteiger partial charge in [0, 0.05) is 11.4 Å². The fourth-order valence-corrected chi connectivity index (χ4v) is 6.61. The van der Waals surface area contributed by atoms with Crippen molar-refractivity contribution in [3.63, 3.8) is 0 Å². The van der Waals surface area contributed by atoms with Gasteiger partial charge in [-0.2, -0.15) is 0 Å². The smallest absolute Gasteiger partial charge is 0.341 e. The van der Waals surface area contributed by atoms with Crippen molar-refractivity contribution in [3.8, 4) is 5.75 Å². The van der Waals surface area contributed by atoms with Crippen molar-refractivity contribution in [3.05, 3.63) is 51.7 Å². The Morgan fingerprint density at radius 3 is 2.81 bits per heavy atom. The van der Waals surface area contributed by atoms with Gasteiger partial charge in [0.2, 0.25) is 5.91 Å². The number of carbonyl (C=O) groups is 2. The number of nitrogens with one attached hydrogen (secondary N) is 1. The van der Waals surface area contributed by atoms with Crippen molar-refractivity contribution < 1.29 is 19.1 Å². The number of methoxy groups -OCH3 is 1. The molecular formula is C26H32N4O4S2. The minimum Gasteiger partial charge on any atom is -0.482 e. The van der Waals surface area contributed by atoms with Crippen LogP contribution in [0.5, 0.6) is 5.75 Å². The van der Waals surface area contributed by atoms with E-state index in [2.05, 4.69) is 22.4 Å². The van der Waals surface area contributed by atoms with Crippen LogP contribution in [0.3, 0.4) is 0 Å². The molecule has 0 spiro atoms. The average molecular weight is 529 g/mol. The Balaban J connectivity index is 1.44. The summed E-state index contributed by atoms with van der Waals surface area (Å²) in [5, 5.41) is 12.8. The molecule has 1 aliphatic rings. The van der Waals surface area contributed by atoms with Crippen molar-refractivity contribution in [1.29, 1.82) is 0 Å². The molecule has 0 saturated carbocycles. The zero-order valence-electron chi connectivity index (χ0n) is 21.3. The highest BCUT2D eigenvalue weighted by molar-refractivity contribution is 7.99. The topological polar surface area (TPSA) is 95.3 Å². The fraction of sp³-hybridized carbons (Fsp3) is 0.462. The maximum Gasteiger partial charge on any atom is 0.341 e. The van der Waals surface area contributed by atoms with Crippen LogP contribution in [0.25, 0.3) is 0 Å². The Morgan fingerprint density at radius 1 is 1.31 bits per heavy atom. The molecule has 10 heteroatoms. The van der Waals surface area contributed by atoms with E-state index in [1.165, 1.54) is 30.2 Å². The monoisotopic (exact) mass is 528 g/mol. The molecule has 1 aromatic carbocycles. The number of fused-ring (bicyclic) bond motifs is 1.